The van der Waals surface area contributed by atoms with Crippen LogP contribution in [0.2, 0.25) is 0 Å². The first kappa shape index (κ1) is 14.1. The Morgan fingerprint density at radius 2 is 1.65 bits per heavy atom. The largest absolute Gasteiger partial charge is 0.468 e. The molecule has 1 heterocycles. The molecule has 1 aromatic rings. The van der Waals surface area contributed by atoms with Crippen molar-refractivity contribution in [2.24, 2.45) is 0 Å². The molecule has 0 atom stereocenters. The Labute approximate surface area is 99.7 Å². The van der Waals surface area contributed by atoms with E-state index in [-0.39, 0.29) is 4.60 Å². The molecular formula is C8H4BrF6NO. The average Bonchev–Trinajstić information content (AvgIpc) is 2.12. The molecule has 0 saturated carbocycles. The molecule has 9 heteroatoms. The summed E-state index contributed by atoms with van der Waals surface area (Å²) in [7, 11) is 0. The molecule has 0 fully saturated rings. The molecule has 0 aliphatic rings. The van der Waals surface area contributed by atoms with Gasteiger partial charge in [0.15, 0.2) is 5.75 Å². The number of ether oxygens (including phenoxy) is 1. The molecule has 0 aromatic carbocycles. The van der Waals surface area contributed by atoms with Crippen molar-refractivity contribution >= 4 is 15.9 Å². The van der Waals surface area contributed by atoms with Crippen molar-refractivity contribution < 1.29 is 31.1 Å². The zero-order valence-corrected chi connectivity index (χ0v) is 9.40. The molecule has 0 spiro atoms. The maximum Gasteiger partial charge on any atom is 0.434 e. The standard InChI is InChI=1S/C8H4BrF6NO/c9-5-4(2-1-3-16-5)17-6(7(10,11)12)8(13,14)15/h1-3,6H. The van der Waals surface area contributed by atoms with Crippen LogP contribution in [-0.2, 0) is 0 Å². The van der Waals surface area contributed by atoms with Gasteiger partial charge in [-0.3, -0.25) is 0 Å². The monoisotopic (exact) mass is 323 g/mol. The molecule has 0 aliphatic heterocycles. The van der Waals surface area contributed by atoms with Gasteiger partial charge in [-0.2, -0.15) is 26.3 Å². The van der Waals surface area contributed by atoms with Gasteiger partial charge in [-0.25, -0.2) is 4.98 Å². The fourth-order valence-electron chi connectivity index (χ4n) is 0.905. The minimum Gasteiger partial charge on any atom is -0.468 e. The van der Waals surface area contributed by atoms with Crippen LogP contribution in [-0.4, -0.2) is 23.4 Å². The van der Waals surface area contributed by atoms with Gasteiger partial charge in [0.2, 0.25) is 0 Å². The van der Waals surface area contributed by atoms with Gasteiger partial charge in [0, 0.05) is 6.20 Å². The van der Waals surface area contributed by atoms with Crippen LogP contribution in [0.15, 0.2) is 22.9 Å². The Morgan fingerprint density at radius 3 is 2.06 bits per heavy atom. The van der Waals surface area contributed by atoms with Crippen molar-refractivity contribution in [3.63, 3.8) is 0 Å². The van der Waals surface area contributed by atoms with Crippen LogP contribution in [0.25, 0.3) is 0 Å². The molecule has 0 unspecified atom stereocenters. The van der Waals surface area contributed by atoms with Crippen LogP contribution >= 0.6 is 15.9 Å². The summed E-state index contributed by atoms with van der Waals surface area (Å²) in [6.07, 6.45) is -13.8. The van der Waals surface area contributed by atoms with E-state index in [9.17, 15) is 26.3 Å². The predicted molar refractivity (Wildman–Crippen MR) is 48.5 cm³/mol. The lowest BCUT2D eigenvalue weighted by Crippen LogP contribution is -2.46. The summed E-state index contributed by atoms with van der Waals surface area (Å²) in [5.74, 6) is -0.632. The van der Waals surface area contributed by atoms with Crippen LogP contribution in [0.5, 0.6) is 5.75 Å². The van der Waals surface area contributed by atoms with E-state index in [1.165, 1.54) is 6.20 Å². The lowest BCUT2D eigenvalue weighted by molar-refractivity contribution is -0.300. The first-order valence-electron chi connectivity index (χ1n) is 4.03. The number of rotatable bonds is 2. The van der Waals surface area contributed by atoms with E-state index in [4.69, 9.17) is 0 Å². The summed E-state index contributed by atoms with van der Waals surface area (Å²) in [5, 5.41) is 0. The van der Waals surface area contributed by atoms with E-state index < -0.39 is 24.2 Å². The maximum atomic E-state index is 12.2. The second kappa shape index (κ2) is 4.71. The van der Waals surface area contributed by atoms with Crippen LogP contribution < -0.4 is 4.74 Å². The van der Waals surface area contributed by atoms with Crippen molar-refractivity contribution in [3.8, 4) is 5.75 Å². The zero-order valence-electron chi connectivity index (χ0n) is 7.81. The lowest BCUT2D eigenvalue weighted by Gasteiger charge is -2.23. The van der Waals surface area contributed by atoms with E-state index in [1.807, 2.05) is 0 Å². The van der Waals surface area contributed by atoms with Crippen molar-refractivity contribution in [1.82, 2.24) is 4.98 Å². The summed E-state index contributed by atoms with van der Waals surface area (Å²) in [6.45, 7) is 0. The first-order valence-corrected chi connectivity index (χ1v) is 4.82. The van der Waals surface area contributed by atoms with Crippen molar-refractivity contribution in [3.05, 3.63) is 22.9 Å². The number of aromatic nitrogens is 1. The summed E-state index contributed by atoms with van der Waals surface area (Å²) < 4.78 is 76.6. The Hall–Kier alpha value is -0.990. The van der Waals surface area contributed by atoms with E-state index in [2.05, 4.69) is 25.7 Å². The minimum atomic E-state index is -5.55. The molecule has 0 amide bonds. The topological polar surface area (TPSA) is 22.1 Å². The number of hydrogen-bond donors (Lipinski definition) is 0. The van der Waals surface area contributed by atoms with Gasteiger partial charge in [0.05, 0.1) is 0 Å². The number of halogens is 7. The normalized spacial score (nSPS) is 12.9. The Kier molecular flexibility index (Phi) is 3.90. The quantitative estimate of drug-likeness (QED) is 0.611. The molecule has 0 aliphatic carbocycles. The molecule has 0 bridgehead atoms. The third-order valence-electron chi connectivity index (χ3n) is 1.56. The summed E-state index contributed by atoms with van der Waals surface area (Å²) in [5.41, 5.74) is 0. The van der Waals surface area contributed by atoms with Crippen LogP contribution in [0, 0.1) is 0 Å². The predicted octanol–water partition coefficient (Wildman–Crippen LogP) is 3.72. The Balaban J connectivity index is 3.00. The van der Waals surface area contributed by atoms with Crippen LogP contribution in [0.3, 0.4) is 0 Å². The van der Waals surface area contributed by atoms with Crippen molar-refractivity contribution in [2.75, 3.05) is 0 Å². The summed E-state index contributed by atoms with van der Waals surface area (Å²) in [4.78, 5) is 3.45. The van der Waals surface area contributed by atoms with Crippen molar-refractivity contribution in [2.45, 2.75) is 18.5 Å². The molecular weight excluding hydrogens is 320 g/mol. The van der Waals surface area contributed by atoms with Gasteiger partial charge in [-0.05, 0) is 28.1 Å². The zero-order chi connectivity index (χ0) is 13.3. The molecule has 17 heavy (non-hydrogen) atoms. The van der Waals surface area contributed by atoms with Gasteiger partial charge >= 0.3 is 12.4 Å². The third-order valence-corrected chi connectivity index (χ3v) is 2.16. The molecule has 2 nitrogen and oxygen atoms in total. The Bertz CT molecular complexity index is 376. The minimum absolute atomic E-state index is 0.238. The highest BCUT2D eigenvalue weighted by molar-refractivity contribution is 9.10. The number of pyridine rings is 1. The van der Waals surface area contributed by atoms with Gasteiger partial charge in [0.1, 0.15) is 4.60 Å². The van der Waals surface area contributed by atoms with Gasteiger partial charge in [-0.1, -0.05) is 0 Å². The molecule has 1 rings (SSSR count). The van der Waals surface area contributed by atoms with Crippen LogP contribution in [0.1, 0.15) is 0 Å². The summed E-state index contributed by atoms with van der Waals surface area (Å²) >= 11 is 2.69. The van der Waals surface area contributed by atoms with E-state index in [1.54, 1.807) is 0 Å². The molecule has 0 saturated heterocycles. The SMILES string of the molecule is FC(F)(F)C(Oc1cccnc1Br)C(F)(F)F. The van der Waals surface area contributed by atoms with E-state index in [0.717, 1.165) is 12.1 Å². The fraction of sp³-hybridized carbons (Fsp3) is 0.375. The first-order chi connectivity index (χ1) is 7.62. The van der Waals surface area contributed by atoms with Crippen LogP contribution in [0.4, 0.5) is 26.3 Å². The number of nitrogens with zero attached hydrogens (tertiary/aromatic N) is 1. The van der Waals surface area contributed by atoms with Gasteiger partial charge in [0.25, 0.3) is 6.10 Å². The highest BCUT2D eigenvalue weighted by Crippen LogP contribution is 2.37. The maximum absolute atomic E-state index is 12.2. The average molecular weight is 324 g/mol. The van der Waals surface area contributed by atoms with E-state index >= 15 is 0 Å². The molecule has 1 aromatic heterocycles. The molecule has 96 valence electrons. The third kappa shape index (κ3) is 3.76. The van der Waals surface area contributed by atoms with Gasteiger partial charge in [-0.15, -0.1) is 0 Å². The summed E-state index contributed by atoms with van der Waals surface area (Å²) in [6, 6.07) is 2.10. The second-order valence-electron chi connectivity index (χ2n) is 2.87. The molecule has 0 N–H and O–H groups in total. The highest BCUT2D eigenvalue weighted by Gasteiger charge is 2.59. The smallest absolute Gasteiger partial charge is 0.434 e. The number of alkyl halides is 6. The lowest BCUT2D eigenvalue weighted by atomic mass is 10.3. The Morgan fingerprint density at radius 1 is 1.12 bits per heavy atom. The van der Waals surface area contributed by atoms with E-state index in [0.29, 0.717) is 0 Å². The molecule has 0 radical (unpaired) electrons. The number of hydrogen-bond acceptors (Lipinski definition) is 2. The second-order valence-corrected chi connectivity index (χ2v) is 3.62. The fourth-order valence-corrected chi connectivity index (χ4v) is 1.25. The highest BCUT2D eigenvalue weighted by atomic mass is 79.9. The van der Waals surface area contributed by atoms with Gasteiger partial charge < -0.3 is 4.74 Å². The van der Waals surface area contributed by atoms with Crippen molar-refractivity contribution in [1.29, 1.82) is 0 Å².